The van der Waals surface area contributed by atoms with Crippen molar-refractivity contribution in [1.29, 1.82) is 0 Å². The Labute approximate surface area is 380 Å². The van der Waals surface area contributed by atoms with Crippen LogP contribution in [0.2, 0.25) is 0 Å². The van der Waals surface area contributed by atoms with E-state index < -0.39 is 0 Å². The van der Waals surface area contributed by atoms with Crippen LogP contribution in [0.25, 0.3) is 0 Å². The third-order valence-corrected chi connectivity index (χ3v) is 14.3. The number of nitrogens with zero attached hydrogens (tertiary/aromatic N) is 2. The number of hydrogen-bond acceptors (Lipinski definition) is 4. The molecular weight excluding hydrogens is 769 g/mol. The molecule has 6 heteroatoms. The molecule has 0 aliphatic heterocycles. The van der Waals surface area contributed by atoms with Crippen LogP contribution in [0, 0.1) is 0 Å². The van der Waals surface area contributed by atoms with Gasteiger partial charge in [-0.1, -0.05) is 276 Å². The molecule has 0 bridgehead atoms. The molecule has 1 atom stereocenters. The van der Waals surface area contributed by atoms with Gasteiger partial charge in [0.2, 0.25) is 0 Å². The summed E-state index contributed by atoms with van der Waals surface area (Å²) in [5.41, 5.74) is 0. The summed E-state index contributed by atoms with van der Waals surface area (Å²) in [5, 5.41) is 0. The molecule has 0 rings (SSSR count). The van der Waals surface area contributed by atoms with Gasteiger partial charge in [0.15, 0.2) is 0 Å². The van der Waals surface area contributed by atoms with Gasteiger partial charge in [-0.15, -0.1) is 11.8 Å². The second-order valence-electron chi connectivity index (χ2n) is 17.8. The van der Waals surface area contributed by atoms with E-state index in [0.717, 1.165) is 41.8 Å². The molecular formula is C51H100N2S4. The van der Waals surface area contributed by atoms with Gasteiger partial charge < -0.3 is 9.80 Å². The molecule has 0 aromatic rings. The van der Waals surface area contributed by atoms with Crippen LogP contribution >= 0.6 is 48.4 Å². The van der Waals surface area contributed by atoms with Crippen LogP contribution in [-0.2, 0) is 0 Å². The summed E-state index contributed by atoms with van der Waals surface area (Å²) < 4.78 is 1.20. The quantitative estimate of drug-likeness (QED) is 0.0441. The first kappa shape index (κ1) is 57.2. The Balaban J connectivity index is 4.82. The average Bonchev–Trinajstić information content (AvgIpc) is 3.19. The fourth-order valence-electron chi connectivity index (χ4n) is 8.29. The highest BCUT2D eigenvalue weighted by Gasteiger charge is 2.23. The van der Waals surface area contributed by atoms with Crippen molar-refractivity contribution >= 4 is 62.6 Å². The molecule has 1 unspecified atom stereocenters. The summed E-state index contributed by atoms with van der Waals surface area (Å²) in [4.78, 5) is 7.13. The summed E-state index contributed by atoms with van der Waals surface area (Å²) in [5.74, 6) is 1.01. The first-order valence-corrected chi connectivity index (χ1v) is 27.8. The molecule has 0 aliphatic carbocycles. The molecule has 0 spiro atoms. The zero-order valence-corrected chi connectivity index (χ0v) is 42.6. The highest BCUT2D eigenvalue weighted by Crippen LogP contribution is 2.21. The standard InChI is InChI=1S/C51H100N2S4/c1-6-9-12-15-18-21-24-27-28-31-34-37-40-43-51(56)57-47-50(53(49(5)55)45-42-39-36-33-30-26-23-20-17-14-11-8-3)46-52(48(4)54)44-41-38-35-32-29-25-22-19-16-13-10-7-2/h50H,6-47H2,1-5H3. The van der Waals surface area contributed by atoms with Gasteiger partial charge in [-0.25, -0.2) is 0 Å². The Hall–Kier alpha value is 0.220. The zero-order valence-electron chi connectivity index (χ0n) is 39.3. The predicted octanol–water partition coefficient (Wildman–Crippen LogP) is 18.6. The molecule has 0 fully saturated rings. The molecule has 0 aliphatic rings. The molecule has 338 valence electrons. The van der Waals surface area contributed by atoms with Crippen LogP contribution in [0.5, 0.6) is 0 Å². The predicted molar refractivity (Wildman–Crippen MR) is 276 cm³/mol. The molecule has 0 N–H and O–H groups in total. The minimum atomic E-state index is 0.347. The zero-order chi connectivity index (χ0) is 41.9. The van der Waals surface area contributed by atoms with Gasteiger partial charge in [0.05, 0.1) is 16.0 Å². The first-order chi connectivity index (χ1) is 27.9. The van der Waals surface area contributed by atoms with Crippen LogP contribution in [0.3, 0.4) is 0 Å². The van der Waals surface area contributed by atoms with Crippen molar-refractivity contribution in [2.24, 2.45) is 0 Å². The van der Waals surface area contributed by atoms with E-state index in [1.165, 1.54) is 242 Å². The molecule has 0 radical (unpaired) electrons. The first-order valence-electron chi connectivity index (χ1n) is 25.6. The van der Waals surface area contributed by atoms with E-state index in [1.807, 2.05) is 11.8 Å². The summed E-state index contributed by atoms with van der Waals surface area (Å²) in [6.07, 6.45) is 52.4. The Kier molecular flexibility index (Phi) is 45.9. The van der Waals surface area contributed by atoms with E-state index in [1.54, 1.807) is 0 Å². The van der Waals surface area contributed by atoms with E-state index in [0.29, 0.717) is 6.04 Å². The lowest BCUT2D eigenvalue weighted by molar-refractivity contribution is 0.264. The van der Waals surface area contributed by atoms with Crippen LogP contribution in [0.4, 0.5) is 0 Å². The number of unbranched alkanes of at least 4 members (excludes halogenated alkanes) is 34. The lowest BCUT2D eigenvalue weighted by Crippen LogP contribution is -2.48. The molecule has 0 saturated carbocycles. The molecule has 0 aromatic heterocycles. The molecule has 0 saturated heterocycles. The van der Waals surface area contributed by atoms with Gasteiger partial charge in [-0.2, -0.15) is 0 Å². The van der Waals surface area contributed by atoms with E-state index in [9.17, 15) is 0 Å². The van der Waals surface area contributed by atoms with Crippen molar-refractivity contribution in [3.63, 3.8) is 0 Å². The lowest BCUT2D eigenvalue weighted by atomic mass is 10.0. The Morgan fingerprint density at radius 1 is 0.386 bits per heavy atom. The summed E-state index contributed by atoms with van der Waals surface area (Å²) in [6, 6.07) is 0.347. The van der Waals surface area contributed by atoms with Crippen molar-refractivity contribution in [3.05, 3.63) is 0 Å². The van der Waals surface area contributed by atoms with Gasteiger partial charge in [0.25, 0.3) is 0 Å². The second-order valence-corrected chi connectivity index (χ2v) is 20.8. The van der Waals surface area contributed by atoms with Gasteiger partial charge in [0.1, 0.15) is 0 Å². The van der Waals surface area contributed by atoms with Crippen molar-refractivity contribution in [2.75, 3.05) is 25.4 Å². The van der Waals surface area contributed by atoms with Crippen molar-refractivity contribution < 1.29 is 0 Å². The fourth-order valence-corrected chi connectivity index (χ4v) is 9.99. The van der Waals surface area contributed by atoms with Gasteiger partial charge in [-0.05, 0) is 39.5 Å². The minimum Gasteiger partial charge on any atom is -0.364 e. The Bertz CT molecular complexity index is 879. The van der Waals surface area contributed by atoms with Crippen LogP contribution in [0.15, 0.2) is 0 Å². The van der Waals surface area contributed by atoms with Crippen LogP contribution in [0.1, 0.15) is 279 Å². The lowest BCUT2D eigenvalue weighted by Gasteiger charge is -2.37. The summed E-state index contributed by atoms with van der Waals surface area (Å²) in [6.45, 7) is 14.3. The SMILES string of the molecule is CCCCCCCCCCCCCCCC(=S)SCC(CN(CCCCCCCCCCCCCC)C(C)=S)N(CCCCCCCCCCCCCC)C(C)=S. The van der Waals surface area contributed by atoms with Crippen molar-refractivity contribution in [2.45, 2.75) is 285 Å². The van der Waals surface area contributed by atoms with Gasteiger partial charge >= 0.3 is 0 Å². The van der Waals surface area contributed by atoms with Crippen LogP contribution in [-0.4, -0.2) is 55.4 Å². The maximum atomic E-state index is 6.00. The molecule has 57 heavy (non-hydrogen) atoms. The number of rotatable bonds is 45. The third-order valence-electron chi connectivity index (χ3n) is 12.2. The minimum absolute atomic E-state index is 0.347. The average molecular weight is 870 g/mol. The summed E-state index contributed by atoms with van der Waals surface area (Å²) in [7, 11) is 0. The highest BCUT2D eigenvalue weighted by molar-refractivity contribution is 8.23. The van der Waals surface area contributed by atoms with E-state index in [4.69, 9.17) is 36.7 Å². The van der Waals surface area contributed by atoms with Crippen molar-refractivity contribution in [1.82, 2.24) is 9.80 Å². The van der Waals surface area contributed by atoms with Crippen molar-refractivity contribution in [3.8, 4) is 0 Å². The number of thiocarbonyl (C=S) groups is 3. The molecule has 2 nitrogen and oxygen atoms in total. The number of thioether (sulfide) groups is 1. The topological polar surface area (TPSA) is 6.48 Å². The smallest absolute Gasteiger partial charge is 0.0751 e. The molecule has 0 aromatic carbocycles. The third kappa shape index (κ3) is 40.1. The van der Waals surface area contributed by atoms with E-state index in [2.05, 4.69) is 44.4 Å². The second kappa shape index (κ2) is 45.7. The number of hydrogen-bond donors (Lipinski definition) is 0. The maximum absolute atomic E-state index is 6.00. The Morgan fingerprint density at radius 3 is 1.00 bits per heavy atom. The van der Waals surface area contributed by atoms with Gasteiger partial charge in [-0.3, -0.25) is 0 Å². The molecule has 0 heterocycles. The van der Waals surface area contributed by atoms with E-state index in [-0.39, 0.29) is 0 Å². The highest BCUT2D eigenvalue weighted by atomic mass is 32.2. The largest absolute Gasteiger partial charge is 0.364 e. The normalized spacial score (nSPS) is 11.9. The maximum Gasteiger partial charge on any atom is 0.0751 e. The summed E-state index contributed by atoms with van der Waals surface area (Å²) >= 11 is 19.8. The fraction of sp³-hybridized carbons (Fsp3) is 0.941. The van der Waals surface area contributed by atoms with E-state index >= 15 is 0 Å². The van der Waals surface area contributed by atoms with Crippen LogP contribution < -0.4 is 0 Å². The Morgan fingerprint density at radius 2 is 0.684 bits per heavy atom. The monoisotopic (exact) mass is 869 g/mol. The van der Waals surface area contributed by atoms with Gasteiger partial charge in [0, 0.05) is 29.6 Å². The molecule has 0 amide bonds.